The molecular formula is C18H21FN4O2. The van der Waals surface area contributed by atoms with Crippen LogP contribution in [0.5, 0.6) is 0 Å². The lowest BCUT2D eigenvalue weighted by Crippen LogP contribution is -2.40. The Morgan fingerprint density at radius 3 is 3.00 bits per heavy atom. The standard InChI is InChI=1S/C18H21FN4O2/c1-22-17-14(7-21-22)8-23(9-15(17)11-25-10-12-2-3-12)18(24)13-4-5-20-16(19)6-13/h4-7,12,15H,2-3,8-11H2,1H3. The van der Waals surface area contributed by atoms with Crippen LogP contribution in [0.2, 0.25) is 0 Å². The predicted octanol–water partition coefficient (Wildman–Crippen LogP) is 2.12. The summed E-state index contributed by atoms with van der Waals surface area (Å²) >= 11 is 0. The van der Waals surface area contributed by atoms with Crippen molar-refractivity contribution in [3.63, 3.8) is 0 Å². The van der Waals surface area contributed by atoms with Gasteiger partial charge in [-0.1, -0.05) is 0 Å². The molecular weight excluding hydrogens is 323 g/mol. The molecule has 7 heteroatoms. The molecule has 0 bridgehead atoms. The quantitative estimate of drug-likeness (QED) is 0.780. The third kappa shape index (κ3) is 3.42. The van der Waals surface area contributed by atoms with E-state index in [0.29, 0.717) is 31.2 Å². The van der Waals surface area contributed by atoms with E-state index in [9.17, 15) is 9.18 Å². The largest absolute Gasteiger partial charge is 0.380 e. The van der Waals surface area contributed by atoms with Gasteiger partial charge in [0.25, 0.3) is 5.91 Å². The number of fused-ring (bicyclic) bond motifs is 1. The average Bonchev–Trinajstić information content (AvgIpc) is 3.36. The molecule has 4 rings (SSSR count). The van der Waals surface area contributed by atoms with Crippen molar-refractivity contribution in [2.24, 2.45) is 13.0 Å². The number of aromatic nitrogens is 3. The molecule has 0 aromatic carbocycles. The van der Waals surface area contributed by atoms with E-state index in [2.05, 4.69) is 10.1 Å². The lowest BCUT2D eigenvalue weighted by molar-refractivity contribution is 0.0620. The van der Waals surface area contributed by atoms with Crippen molar-refractivity contribution in [3.8, 4) is 0 Å². The maximum Gasteiger partial charge on any atom is 0.254 e. The molecule has 1 saturated carbocycles. The zero-order valence-electron chi connectivity index (χ0n) is 14.2. The predicted molar refractivity (Wildman–Crippen MR) is 88.4 cm³/mol. The van der Waals surface area contributed by atoms with Crippen LogP contribution in [-0.4, -0.2) is 45.3 Å². The molecule has 1 amide bonds. The lowest BCUT2D eigenvalue weighted by atomic mass is 9.96. The second-order valence-corrected chi connectivity index (χ2v) is 6.91. The summed E-state index contributed by atoms with van der Waals surface area (Å²) in [5, 5.41) is 4.34. The summed E-state index contributed by atoms with van der Waals surface area (Å²) in [5.41, 5.74) is 2.47. The van der Waals surface area contributed by atoms with Crippen molar-refractivity contribution >= 4 is 5.91 Å². The minimum Gasteiger partial charge on any atom is -0.380 e. The van der Waals surface area contributed by atoms with Crippen LogP contribution in [0.3, 0.4) is 0 Å². The number of hydrogen-bond donors (Lipinski definition) is 0. The van der Waals surface area contributed by atoms with Crippen LogP contribution in [0.4, 0.5) is 4.39 Å². The summed E-state index contributed by atoms with van der Waals surface area (Å²) < 4.78 is 21.1. The number of hydrogen-bond acceptors (Lipinski definition) is 4. The first-order valence-electron chi connectivity index (χ1n) is 8.61. The lowest BCUT2D eigenvalue weighted by Gasteiger charge is -2.33. The van der Waals surface area contributed by atoms with Gasteiger partial charge in [0.2, 0.25) is 5.95 Å². The van der Waals surface area contributed by atoms with Gasteiger partial charge in [0.15, 0.2) is 0 Å². The van der Waals surface area contributed by atoms with Crippen LogP contribution >= 0.6 is 0 Å². The number of nitrogens with zero attached hydrogens (tertiary/aromatic N) is 4. The number of pyridine rings is 1. The van der Waals surface area contributed by atoms with Gasteiger partial charge in [-0.3, -0.25) is 9.48 Å². The molecule has 0 spiro atoms. The van der Waals surface area contributed by atoms with Gasteiger partial charge in [0, 0.05) is 56.1 Å². The van der Waals surface area contributed by atoms with Crippen LogP contribution in [0, 0.1) is 11.9 Å². The van der Waals surface area contributed by atoms with E-state index in [1.165, 1.54) is 25.1 Å². The smallest absolute Gasteiger partial charge is 0.254 e. The van der Waals surface area contributed by atoms with Crippen molar-refractivity contribution in [1.29, 1.82) is 0 Å². The highest BCUT2D eigenvalue weighted by Gasteiger charge is 2.32. The molecule has 1 atom stereocenters. The van der Waals surface area contributed by atoms with Crippen molar-refractivity contribution in [2.75, 3.05) is 19.8 Å². The minimum absolute atomic E-state index is 0.0747. The summed E-state index contributed by atoms with van der Waals surface area (Å²) in [5.74, 6) is -0.0602. The van der Waals surface area contributed by atoms with Crippen molar-refractivity contribution in [1.82, 2.24) is 19.7 Å². The SMILES string of the molecule is Cn1ncc2c1C(COCC1CC1)CN(C(=O)c1ccnc(F)c1)C2. The molecule has 0 radical (unpaired) electrons. The molecule has 2 aliphatic rings. The van der Waals surface area contributed by atoms with Gasteiger partial charge < -0.3 is 9.64 Å². The summed E-state index contributed by atoms with van der Waals surface area (Å²) in [6.07, 6.45) is 5.62. The molecule has 0 N–H and O–H groups in total. The van der Waals surface area contributed by atoms with E-state index in [1.807, 2.05) is 11.7 Å². The zero-order valence-corrected chi connectivity index (χ0v) is 14.2. The monoisotopic (exact) mass is 344 g/mol. The number of carbonyl (C=O) groups is 1. The van der Waals surface area contributed by atoms with Gasteiger partial charge in [-0.15, -0.1) is 0 Å². The van der Waals surface area contributed by atoms with Crippen LogP contribution < -0.4 is 0 Å². The molecule has 1 aliphatic heterocycles. The summed E-state index contributed by atoms with van der Waals surface area (Å²) in [7, 11) is 1.92. The van der Waals surface area contributed by atoms with Gasteiger partial charge in [-0.05, 0) is 24.8 Å². The number of halogens is 1. The maximum atomic E-state index is 13.3. The first-order chi connectivity index (χ1) is 12.1. The molecule has 6 nitrogen and oxygen atoms in total. The first kappa shape index (κ1) is 16.2. The Hall–Kier alpha value is -2.28. The average molecular weight is 344 g/mol. The Bertz CT molecular complexity index is 787. The van der Waals surface area contributed by atoms with Gasteiger partial charge in [0.1, 0.15) is 0 Å². The summed E-state index contributed by atoms with van der Waals surface area (Å²) in [6.45, 7) is 2.37. The van der Waals surface area contributed by atoms with Crippen molar-refractivity contribution < 1.29 is 13.9 Å². The number of amides is 1. The summed E-state index contributed by atoms with van der Waals surface area (Å²) in [6, 6.07) is 2.72. The summed E-state index contributed by atoms with van der Waals surface area (Å²) in [4.78, 5) is 18.0. The highest BCUT2D eigenvalue weighted by molar-refractivity contribution is 5.94. The second-order valence-electron chi connectivity index (χ2n) is 6.91. The molecule has 132 valence electrons. The van der Waals surface area contributed by atoms with Gasteiger partial charge in [-0.2, -0.15) is 9.49 Å². The van der Waals surface area contributed by atoms with Gasteiger partial charge in [-0.25, -0.2) is 4.98 Å². The van der Waals surface area contributed by atoms with E-state index >= 15 is 0 Å². The van der Waals surface area contributed by atoms with Crippen LogP contribution in [0.25, 0.3) is 0 Å². The Labute approximate surface area is 145 Å². The third-order valence-electron chi connectivity index (χ3n) is 4.88. The topological polar surface area (TPSA) is 60.2 Å². The minimum atomic E-state index is -0.644. The molecule has 1 fully saturated rings. The Kier molecular flexibility index (Phi) is 4.25. The third-order valence-corrected chi connectivity index (χ3v) is 4.88. The van der Waals surface area contributed by atoms with Crippen LogP contribution in [0.1, 0.15) is 40.4 Å². The fourth-order valence-corrected chi connectivity index (χ4v) is 3.43. The zero-order chi connectivity index (χ0) is 17.4. The molecule has 2 aromatic rings. The van der Waals surface area contributed by atoms with E-state index in [1.54, 1.807) is 17.2 Å². The van der Waals surface area contributed by atoms with E-state index in [-0.39, 0.29) is 11.8 Å². The highest BCUT2D eigenvalue weighted by Crippen LogP contribution is 2.32. The molecule has 0 saturated heterocycles. The van der Waals surface area contributed by atoms with Gasteiger partial charge >= 0.3 is 0 Å². The maximum absolute atomic E-state index is 13.3. The first-order valence-corrected chi connectivity index (χ1v) is 8.61. The normalized spacial score (nSPS) is 19.8. The van der Waals surface area contributed by atoms with Crippen molar-refractivity contribution in [3.05, 3.63) is 47.3 Å². The number of ether oxygens (including phenoxy) is 1. The van der Waals surface area contributed by atoms with E-state index in [4.69, 9.17) is 4.74 Å². The van der Waals surface area contributed by atoms with Crippen molar-refractivity contribution in [2.45, 2.75) is 25.3 Å². The van der Waals surface area contributed by atoms with Crippen LogP contribution in [-0.2, 0) is 18.3 Å². The molecule has 3 heterocycles. The number of rotatable bonds is 5. The van der Waals surface area contributed by atoms with E-state index < -0.39 is 5.95 Å². The molecule has 1 unspecified atom stereocenters. The number of aryl methyl sites for hydroxylation is 1. The molecule has 25 heavy (non-hydrogen) atoms. The Balaban J connectivity index is 1.53. The number of carbonyl (C=O) groups excluding carboxylic acids is 1. The second kappa shape index (κ2) is 6.55. The Morgan fingerprint density at radius 1 is 1.40 bits per heavy atom. The molecule has 1 aliphatic carbocycles. The highest BCUT2D eigenvalue weighted by atomic mass is 19.1. The Morgan fingerprint density at radius 2 is 2.24 bits per heavy atom. The van der Waals surface area contributed by atoms with Gasteiger partial charge in [0.05, 0.1) is 18.5 Å². The fraction of sp³-hybridized carbons (Fsp3) is 0.500. The fourth-order valence-electron chi connectivity index (χ4n) is 3.43. The molecule has 2 aromatic heterocycles. The van der Waals surface area contributed by atoms with E-state index in [0.717, 1.165) is 17.9 Å². The van der Waals surface area contributed by atoms with Crippen LogP contribution in [0.15, 0.2) is 24.5 Å².